The number of nitrogens with one attached hydrogen (secondary N) is 2. The minimum atomic E-state index is -0.184. The average molecular weight is 279 g/mol. The van der Waals surface area contributed by atoms with E-state index in [1.165, 1.54) is 12.8 Å². The number of hydrogen-bond donors (Lipinski definition) is 2. The van der Waals surface area contributed by atoms with Gasteiger partial charge in [0.15, 0.2) is 0 Å². The van der Waals surface area contributed by atoms with Gasteiger partial charge in [0.2, 0.25) is 5.82 Å². The molecule has 0 aliphatic heterocycles. The van der Waals surface area contributed by atoms with Crippen LogP contribution in [0.3, 0.4) is 0 Å². The number of hydrogen-bond acceptors (Lipinski definition) is 4. The first-order valence-electron chi connectivity index (χ1n) is 7.44. The van der Waals surface area contributed by atoms with Gasteiger partial charge in [-0.15, -0.1) is 5.10 Å². The zero-order valence-corrected chi connectivity index (χ0v) is 12.7. The van der Waals surface area contributed by atoms with Crippen LogP contribution in [0.4, 0.5) is 0 Å². The maximum absolute atomic E-state index is 12.1. The fourth-order valence-electron chi connectivity index (χ4n) is 2.88. The number of carbonyl (C=O) groups is 1. The van der Waals surface area contributed by atoms with Crippen LogP contribution in [0.1, 0.15) is 55.5 Å². The molecule has 0 aromatic carbocycles. The van der Waals surface area contributed by atoms with Crippen molar-refractivity contribution < 1.29 is 4.79 Å². The van der Waals surface area contributed by atoms with Crippen molar-refractivity contribution in [1.29, 1.82) is 0 Å². The minimum Gasteiger partial charge on any atom is -0.347 e. The third kappa shape index (κ3) is 3.17. The molecule has 0 atom stereocenters. The fourth-order valence-corrected chi connectivity index (χ4v) is 2.88. The molecule has 0 bridgehead atoms. The molecule has 2 rings (SSSR count). The highest BCUT2D eigenvalue weighted by Crippen LogP contribution is 2.33. The largest absolute Gasteiger partial charge is 0.347 e. The van der Waals surface area contributed by atoms with E-state index < -0.39 is 0 Å². The van der Waals surface area contributed by atoms with Gasteiger partial charge in [-0.05, 0) is 33.4 Å². The van der Waals surface area contributed by atoms with Crippen molar-refractivity contribution in [1.82, 2.24) is 25.4 Å². The number of aromatic amines is 1. The normalized spacial score (nSPS) is 17.6. The van der Waals surface area contributed by atoms with Gasteiger partial charge >= 0.3 is 0 Å². The molecule has 1 aliphatic rings. The molecule has 1 saturated carbocycles. The summed E-state index contributed by atoms with van der Waals surface area (Å²) in [4.78, 5) is 18.6. The molecular weight excluding hydrogens is 254 g/mol. The Kier molecular flexibility index (Phi) is 4.75. The van der Waals surface area contributed by atoms with Crippen LogP contribution in [0.25, 0.3) is 0 Å². The quantitative estimate of drug-likeness (QED) is 0.824. The van der Waals surface area contributed by atoms with E-state index in [2.05, 4.69) is 46.4 Å². The van der Waals surface area contributed by atoms with Crippen molar-refractivity contribution in [2.45, 2.75) is 51.0 Å². The summed E-state index contributed by atoms with van der Waals surface area (Å²) in [6.45, 7) is 2.74. The predicted octanol–water partition coefficient (Wildman–Crippen LogP) is 1.36. The molecule has 1 aromatic heterocycles. The molecule has 0 saturated heterocycles. The summed E-state index contributed by atoms with van der Waals surface area (Å²) in [6.07, 6.45) is 6.54. The zero-order valence-electron chi connectivity index (χ0n) is 12.7. The Labute approximate surface area is 120 Å². The van der Waals surface area contributed by atoms with Crippen LogP contribution in [0, 0.1) is 0 Å². The third-order valence-electron chi connectivity index (χ3n) is 4.28. The Morgan fingerprint density at radius 2 is 2.10 bits per heavy atom. The van der Waals surface area contributed by atoms with Crippen LogP contribution < -0.4 is 5.32 Å². The smallest absolute Gasteiger partial charge is 0.291 e. The highest BCUT2D eigenvalue weighted by Gasteiger charge is 2.36. The first-order valence-corrected chi connectivity index (χ1v) is 7.44. The van der Waals surface area contributed by atoms with Crippen LogP contribution in [0.15, 0.2) is 0 Å². The van der Waals surface area contributed by atoms with Crippen molar-refractivity contribution in [3.05, 3.63) is 11.6 Å². The van der Waals surface area contributed by atoms with Crippen molar-refractivity contribution in [3.63, 3.8) is 0 Å². The summed E-state index contributed by atoms with van der Waals surface area (Å²) in [5.41, 5.74) is 0.0955. The summed E-state index contributed by atoms with van der Waals surface area (Å²) in [7, 11) is 4.17. The maximum Gasteiger partial charge on any atom is 0.291 e. The fraction of sp³-hybridized carbons (Fsp3) is 0.786. The first-order chi connectivity index (χ1) is 9.57. The van der Waals surface area contributed by atoms with E-state index in [1.54, 1.807) is 0 Å². The molecule has 1 fully saturated rings. The van der Waals surface area contributed by atoms with Crippen LogP contribution in [-0.4, -0.2) is 52.2 Å². The topological polar surface area (TPSA) is 73.9 Å². The highest BCUT2D eigenvalue weighted by atomic mass is 16.2. The summed E-state index contributed by atoms with van der Waals surface area (Å²) in [6, 6.07) is 0. The van der Waals surface area contributed by atoms with Crippen molar-refractivity contribution in [2.24, 2.45) is 0 Å². The molecule has 0 unspecified atom stereocenters. The zero-order chi connectivity index (χ0) is 14.6. The lowest BCUT2D eigenvalue weighted by atomic mass is 9.96. The second-order valence-electron chi connectivity index (χ2n) is 5.86. The molecule has 0 spiro atoms. The number of carbonyl (C=O) groups excluding carboxylic acids is 1. The standard InChI is InChI=1S/C14H25N5O/c1-4-7-11-16-12(18-17-11)13(20)15-10-14(19(2)3)8-5-6-9-14/h4-10H2,1-3H3,(H,15,20)(H,16,17,18). The summed E-state index contributed by atoms with van der Waals surface area (Å²) in [5, 5.41) is 9.79. The third-order valence-corrected chi connectivity index (χ3v) is 4.28. The molecule has 0 radical (unpaired) electrons. The number of H-pyrrole nitrogens is 1. The van der Waals surface area contributed by atoms with E-state index in [4.69, 9.17) is 0 Å². The second-order valence-corrected chi connectivity index (χ2v) is 5.86. The average Bonchev–Trinajstić information content (AvgIpc) is 3.06. The summed E-state index contributed by atoms with van der Waals surface area (Å²) in [5.74, 6) is 0.845. The van der Waals surface area contributed by atoms with E-state index in [-0.39, 0.29) is 17.3 Å². The van der Waals surface area contributed by atoms with E-state index in [0.29, 0.717) is 6.54 Å². The molecule has 6 heteroatoms. The Bertz CT molecular complexity index is 448. The number of nitrogens with zero attached hydrogens (tertiary/aromatic N) is 3. The summed E-state index contributed by atoms with van der Waals surface area (Å²) >= 11 is 0. The molecule has 112 valence electrons. The van der Waals surface area contributed by atoms with Gasteiger partial charge in [-0.3, -0.25) is 9.89 Å². The van der Waals surface area contributed by atoms with E-state index in [1.807, 2.05) is 0 Å². The van der Waals surface area contributed by atoms with Gasteiger partial charge < -0.3 is 10.2 Å². The molecular formula is C14H25N5O. The van der Waals surface area contributed by atoms with Crippen molar-refractivity contribution in [3.8, 4) is 0 Å². The lowest BCUT2D eigenvalue weighted by Crippen LogP contribution is -2.50. The molecule has 2 N–H and O–H groups in total. The molecule has 1 aliphatic carbocycles. The van der Waals surface area contributed by atoms with Gasteiger partial charge in [0, 0.05) is 18.5 Å². The van der Waals surface area contributed by atoms with Crippen LogP contribution >= 0.6 is 0 Å². The van der Waals surface area contributed by atoms with Gasteiger partial charge in [-0.1, -0.05) is 19.8 Å². The first kappa shape index (κ1) is 15.0. The summed E-state index contributed by atoms with van der Waals surface area (Å²) < 4.78 is 0. The van der Waals surface area contributed by atoms with Crippen LogP contribution in [0.5, 0.6) is 0 Å². The van der Waals surface area contributed by atoms with Crippen molar-refractivity contribution >= 4 is 5.91 Å². The van der Waals surface area contributed by atoms with Crippen LogP contribution in [0.2, 0.25) is 0 Å². The Balaban J connectivity index is 1.93. The number of rotatable bonds is 6. The van der Waals surface area contributed by atoms with E-state index in [9.17, 15) is 4.79 Å². The Morgan fingerprint density at radius 3 is 2.70 bits per heavy atom. The van der Waals surface area contributed by atoms with Gasteiger partial charge in [-0.25, -0.2) is 4.98 Å². The number of amides is 1. The number of aryl methyl sites for hydroxylation is 1. The molecule has 20 heavy (non-hydrogen) atoms. The monoisotopic (exact) mass is 279 g/mol. The molecule has 1 heterocycles. The molecule has 1 aromatic rings. The van der Waals surface area contributed by atoms with Crippen molar-refractivity contribution in [2.75, 3.05) is 20.6 Å². The highest BCUT2D eigenvalue weighted by molar-refractivity contribution is 5.90. The Morgan fingerprint density at radius 1 is 1.40 bits per heavy atom. The SMILES string of the molecule is CCCc1nc(C(=O)NCC2(N(C)C)CCCC2)n[nH]1. The number of aromatic nitrogens is 3. The van der Waals surface area contributed by atoms with Gasteiger partial charge in [0.25, 0.3) is 5.91 Å². The second kappa shape index (κ2) is 6.35. The van der Waals surface area contributed by atoms with Crippen LogP contribution in [-0.2, 0) is 6.42 Å². The van der Waals surface area contributed by atoms with E-state index >= 15 is 0 Å². The Hall–Kier alpha value is -1.43. The van der Waals surface area contributed by atoms with Gasteiger partial charge in [0.05, 0.1) is 0 Å². The lowest BCUT2D eigenvalue weighted by molar-refractivity contribution is 0.0890. The molecule has 1 amide bonds. The van der Waals surface area contributed by atoms with Gasteiger partial charge in [-0.2, -0.15) is 0 Å². The predicted molar refractivity (Wildman–Crippen MR) is 77.6 cm³/mol. The number of likely N-dealkylation sites (N-methyl/N-ethyl adjacent to an activating group) is 1. The lowest BCUT2D eigenvalue weighted by Gasteiger charge is -2.36. The minimum absolute atomic E-state index is 0.0955. The van der Waals surface area contributed by atoms with E-state index in [0.717, 1.165) is 31.5 Å². The maximum atomic E-state index is 12.1. The van der Waals surface area contributed by atoms with Gasteiger partial charge in [0.1, 0.15) is 5.82 Å². The molecule has 6 nitrogen and oxygen atoms in total.